The lowest BCUT2D eigenvalue weighted by atomic mass is 10.1. The lowest BCUT2D eigenvalue weighted by Crippen LogP contribution is -2.21. The molecule has 0 saturated heterocycles. The van der Waals surface area contributed by atoms with Gasteiger partial charge >= 0.3 is 0 Å². The summed E-state index contributed by atoms with van der Waals surface area (Å²) in [6.07, 6.45) is 2.15. The zero-order chi connectivity index (χ0) is 11.3. The van der Waals surface area contributed by atoms with Gasteiger partial charge in [-0.25, -0.2) is 0 Å². The zero-order valence-electron chi connectivity index (χ0n) is 9.51. The first kappa shape index (κ1) is 13.1. The molecule has 0 bridgehead atoms. The number of rotatable bonds is 5. The SMILES string of the molecule is CSC(C)CNCc1ccc(C)c(Br)c1. The maximum absolute atomic E-state index is 3.55. The Balaban J connectivity index is 2.41. The van der Waals surface area contributed by atoms with Gasteiger partial charge in [0.2, 0.25) is 0 Å². The monoisotopic (exact) mass is 287 g/mol. The Morgan fingerprint density at radius 3 is 2.80 bits per heavy atom. The van der Waals surface area contributed by atoms with E-state index in [1.165, 1.54) is 15.6 Å². The molecule has 3 heteroatoms. The van der Waals surface area contributed by atoms with Crippen LogP contribution in [0.2, 0.25) is 0 Å². The van der Waals surface area contributed by atoms with Gasteiger partial charge in [-0.3, -0.25) is 0 Å². The molecule has 1 rings (SSSR count). The van der Waals surface area contributed by atoms with Crippen LogP contribution in [0.1, 0.15) is 18.1 Å². The van der Waals surface area contributed by atoms with Gasteiger partial charge in [0.15, 0.2) is 0 Å². The highest BCUT2D eigenvalue weighted by Gasteiger charge is 2.00. The van der Waals surface area contributed by atoms with Gasteiger partial charge in [0.05, 0.1) is 0 Å². The van der Waals surface area contributed by atoms with Gasteiger partial charge in [-0.1, -0.05) is 35.0 Å². The number of hydrogen-bond donors (Lipinski definition) is 1. The number of halogens is 1. The molecular formula is C12H18BrNS. The average molecular weight is 288 g/mol. The quantitative estimate of drug-likeness (QED) is 0.888. The first-order valence-electron chi connectivity index (χ1n) is 5.12. The van der Waals surface area contributed by atoms with Crippen LogP contribution < -0.4 is 5.32 Å². The fourth-order valence-electron chi connectivity index (χ4n) is 1.25. The molecule has 1 aromatic carbocycles. The van der Waals surface area contributed by atoms with Crippen LogP contribution in [0.25, 0.3) is 0 Å². The molecule has 0 aromatic heterocycles. The molecule has 0 aliphatic rings. The first-order chi connectivity index (χ1) is 7.13. The predicted octanol–water partition coefficient (Wildman–Crippen LogP) is 3.60. The van der Waals surface area contributed by atoms with Crippen molar-refractivity contribution in [1.82, 2.24) is 5.32 Å². The van der Waals surface area contributed by atoms with E-state index >= 15 is 0 Å². The van der Waals surface area contributed by atoms with E-state index in [-0.39, 0.29) is 0 Å². The molecule has 1 nitrogen and oxygen atoms in total. The van der Waals surface area contributed by atoms with Crippen LogP contribution in [0.4, 0.5) is 0 Å². The van der Waals surface area contributed by atoms with Crippen LogP contribution in [-0.2, 0) is 6.54 Å². The third-order valence-corrected chi connectivity index (χ3v) is 4.23. The van der Waals surface area contributed by atoms with Gasteiger partial charge in [0.1, 0.15) is 0 Å². The Morgan fingerprint density at radius 1 is 1.47 bits per heavy atom. The molecule has 0 aliphatic carbocycles. The number of aryl methyl sites for hydroxylation is 1. The Bertz CT molecular complexity index is 314. The number of nitrogens with one attached hydrogen (secondary N) is 1. The van der Waals surface area contributed by atoms with Crippen molar-refractivity contribution < 1.29 is 0 Å². The summed E-state index contributed by atoms with van der Waals surface area (Å²) in [5.41, 5.74) is 2.62. The second-order valence-corrected chi connectivity index (χ2v) is 5.89. The van der Waals surface area contributed by atoms with E-state index < -0.39 is 0 Å². The molecule has 0 aliphatic heterocycles. The van der Waals surface area contributed by atoms with Crippen LogP contribution in [-0.4, -0.2) is 18.1 Å². The molecule has 0 radical (unpaired) electrons. The maximum atomic E-state index is 3.55. The highest BCUT2D eigenvalue weighted by Crippen LogP contribution is 2.17. The number of hydrogen-bond acceptors (Lipinski definition) is 2. The molecule has 15 heavy (non-hydrogen) atoms. The van der Waals surface area contributed by atoms with Gasteiger partial charge in [0.25, 0.3) is 0 Å². The molecule has 0 fully saturated rings. The lowest BCUT2D eigenvalue weighted by Gasteiger charge is -2.10. The zero-order valence-corrected chi connectivity index (χ0v) is 11.9. The predicted molar refractivity (Wildman–Crippen MR) is 73.6 cm³/mol. The summed E-state index contributed by atoms with van der Waals surface area (Å²) in [6.45, 7) is 6.36. The van der Waals surface area contributed by atoms with Gasteiger partial charge in [-0.2, -0.15) is 11.8 Å². The summed E-state index contributed by atoms with van der Waals surface area (Å²) in [6, 6.07) is 6.52. The van der Waals surface area contributed by atoms with Crippen LogP contribution in [0, 0.1) is 6.92 Å². The molecule has 1 aromatic rings. The van der Waals surface area contributed by atoms with E-state index in [2.05, 4.69) is 59.5 Å². The Hall–Kier alpha value is 0.01000. The maximum Gasteiger partial charge on any atom is 0.0207 e. The van der Waals surface area contributed by atoms with Gasteiger partial charge < -0.3 is 5.32 Å². The third-order valence-electron chi connectivity index (χ3n) is 2.40. The van der Waals surface area contributed by atoms with Crippen LogP contribution in [0.5, 0.6) is 0 Å². The Morgan fingerprint density at radius 2 is 2.20 bits per heavy atom. The van der Waals surface area contributed by atoms with E-state index in [4.69, 9.17) is 0 Å². The fraction of sp³-hybridized carbons (Fsp3) is 0.500. The minimum atomic E-state index is 0.680. The summed E-state index contributed by atoms with van der Waals surface area (Å²) in [5.74, 6) is 0. The molecule has 0 heterocycles. The van der Waals surface area contributed by atoms with Crippen molar-refractivity contribution in [1.29, 1.82) is 0 Å². The average Bonchev–Trinajstić information content (AvgIpc) is 2.23. The van der Waals surface area contributed by atoms with E-state index in [9.17, 15) is 0 Å². The van der Waals surface area contributed by atoms with Crippen molar-refractivity contribution in [3.05, 3.63) is 33.8 Å². The highest BCUT2D eigenvalue weighted by atomic mass is 79.9. The minimum Gasteiger partial charge on any atom is -0.312 e. The summed E-state index contributed by atoms with van der Waals surface area (Å²) in [5, 5.41) is 4.14. The molecule has 0 saturated carbocycles. The molecule has 0 amide bonds. The number of benzene rings is 1. The molecule has 1 unspecified atom stereocenters. The van der Waals surface area contributed by atoms with Gasteiger partial charge in [0, 0.05) is 22.8 Å². The number of thioether (sulfide) groups is 1. The standard InChI is InChI=1S/C12H18BrNS/c1-9-4-5-11(6-12(9)13)8-14-7-10(2)15-3/h4-6,10,14H,7-8H2,1-3H3. The topological polar surface area (TPSA) is 12.0 Å². The van der Waals surface area contributed by atoms with Gasteiger partial charge in [-0.05, 0) is 30.4 Å². The third kappa shape index (κ3) is 4.58. The lowest BCUT2D eigenvalue weighted by molar-refractivity contribution is 0.684. The molecule has 0 spiro atoms. The van der Waals surface area contributed by atoms with Crippen molar-refractivity contribution in [2.45, 2.75) is 25.6 Å². The summed E-state index contributed by atoms with van der Waals surface area (Å²) >= 11 is 5.44. The van der Waals surface area contributed by atoms with E-state index in [1.54, 1.807) is 0 Å². The first-order valence-corrected chi connectivity index (χ1v) is 7.20. The highest BCUT2D eigenvalue weighted by molar-refractivity contribution is 9.10. The summed E-state index contributed by atoms with van der Waals surface area (Å²) in [7, 11) is 0. The van der Waals surface area contributed by atoms with Crippen molar-refractivity contribution in [3.8, 4) is 0 Å². The molecular weight excluding hydrogens is 270 g/mol. The van der Waals surface area contributed by atoms with E-state index in [0.29, 0.717) is 5.25 Å². The van der Waals surface area contributed by atoms with Crippen LogP contribution >= 0.6 is 27.7 Å². The Labute approximate surface area is 105 Å². The van der Waals surface area contributed by atoms with Crippen molar-refractivity contribution in [2.75, 3.05) is 12.8 Å². The molecule has 1 atom stereocenters. The largest absolute Gasteiger partial charge is 0.312 e. The van der Waals surface area contributed by atoms with Crippen molar-refractivity contribution >= 4 is 27.7 Å². The van der Waals surface area contributed by atoms with E-state index in [0.717, 1.165) is 13.1 Å². The van der Waals surface area contributed by atoms with Crippen LogP contribution in [0.15, 0.2) is 22.7 Å². The second kappa shape index (κ2) is 6.56. The Kier molecular flexibility index (Phi) is 5.72. The van der Waals surface area contributed by atoms with Gasteiger partial charge in [-0.15, -0.1) is 0 Å². The molecule has 84 valence electrons. The van der Waals surface area contributed by atoms with Crippen LogP contribution in [0.3, 0.4) is 0 Å². The smallest absolute Gasteiger partial charge is 0.0207 e. The fourth-order valence-corrected chi connectivity index (χ4v) is 1.96. The minimum absolute atomic E-state index is 0.680. The van der Waals surface area contributed by atoms with E-state index in [1.807, 2.05) is 11.8 Å². The normalized spacial score (nSPS) is 12.8. The van der Waals surface area contributed by atoms with Crippen molar-refractivity contribution in [3.63, 3.8) is 0 Å². The summed E-state index contributed by atoms with van der Waals surface area (Å²) < 4.78 is 1.19. The second-order valence-electron chi connectivity index (χ2n) is 3.76. The van der Waals surface area contributed by atoms with Crippen molar-refractivity contribution in [2.24, 2.45) is 0 Å². The summed E-state index contributed by atoms with van der Waals surface area (Å²) in [4.78, 5) is 0. The molecule has 1 N–H and O–H groups in total.